The Balaban J connectivity index is 2.05. The van der Waals surface area contributed by atoms with Gasteiger partial charge in [0, 0.05) is 22.9 Å². The summed E-state index contributed by atoms with van der Waals surface area (Å²) in [6.45, 7) is 3.66. The fraction of sp³-hybridized carbons (Fsp3) is 0.333. The van der Waals surface area contributed by atoms with E-state index in [0.717, 1.165) is 6.42 Å². The van der Waals surface area contributed by atoms with E-state index in [2.05, 4.69) is 5.32 Å². The predicted octanol–water partition coefficient (Wildman–Crippen LogP) is 2.97. The summed E-state index contributed by atoms with van der Waals surface area (Å²) in [4.78, 5) is 24.3. The van der Waals surface area contributed by atoms with Crippen molar-refractivity contribution >= 4 is 23.2 Å². The minimum Gasteiger partial charge on any atom is -0.490 e. The molecule has 0 aliphatic carbocycles. The largest absolute Gasteiger partial charge is 0.490 e. The second kappa shape index (κ2) is 9.08. The fourth-order valence-electron chi connectivity index (χ4n) is 2.26. The highest BCUT2D eigenvalue weighted by atomic mass is 32.1. The normalized spacial score (nSPS) is 11.6. The number of aliphatic carboxylic acids is 1. The van der Waals surface area contributed by atoms with Crippen LogP contribution in [0.15, 0.2) is 35.7 Å². The molecule has 0 spiro atoms. The molecule has 0 bridgehead atoms. The van der Waals surface area contributed by atoms with Crippen LogP contribution in [0.4, 0.5) is 0 Å². The van der Waals surface area contributed by atoms with Crippen LogP contribution in [-0.2, 0) is 11.2 Å². The van der Waals surface area contributed by atoms with E-state index in [1.165, 1.54) is 4.88 Å². The summed E-state index contributed by atoms with van der Waals surface area (Å²) in [6.07, 6.45) is 0.765. The van der Waals surface area contributed by atoms with E-state index in [9.17, 15) is 9.59 Å². The minimum atomic E-state index is -1.08. The first-order valence-electron chi connectivity index (χ1n) is 7.94. The molecule has 0 radical (unpaired) electrons. The Kier molecular flexibility index (Phi) is 6.82. The molecule has 2 N–H and O–H groups in total. The Labute approximate surface area is 150 Å². The molecular weight excluding hydrogens is 342 g/mol. The summed E-state index contributed by atoms with van der Waals surface area (Å²) < 4.78 is 10.6. The Hall–Kier alpha value is -2.54. The molecule has 25 heavy (non-hydrogen) atoms. The molecule has 2 aromatic rings. The zero-order valence-corrected chi connectivity index (χ0v) is 15.0. The first-order chi connectivity index (χ1) is 12.0. The van der Waals surface area contributed by atoms with Crippen LogP contribution in [0.3, 0.4) is 0 Å². The second-order valence-electron chi connectivity index (χ2n) is 5.43. The van der Waals surface area contributed by atoms with Crippen molar-refractivity contribution < 1.29 is 24.2 Å². The molecule has 134 valence electrons. The highest BCUT2D eigenvalue weighted by Gasteiger charge is 2.15. The molecule has 6 nitrogen and oxygen atoms in total. The van der Waals surface area contributed by atoms with Crippen molar-refractivity contribution in [2.24, 2.45) is 0 Å². The van der Waals surface area contributed by atoms with Crippen LogP contribution in [-0.4, -0.2) is 36.2 Å². The Morgan fingerprint density at radius 2 is 2.04 bits per heavy atom. The number of benzene rings is 1. The van der Waals surface area contributed by atoms with Gasteiger partial charge in [-0.3, -0.25) is 4.79 Å². The SMILES string of the molecule is CCOc1cc(C(=O)NC(C)Cc2cccs2)ccc1OCC(=O)O. The molecule has 0 fully saturated rings. The van der Waals surface area contributed by atoms with Gasteiger partial charge in [0.15, 0.2) is 18.1 Å². The topological polar surface area (TPSA) is 84.9 Å². The first-order valence-corrected chi connectivity index (χ1v) is 8.82. The van der Waals surface area contributed by atoms with E-state index in [4.69, 9.17) is 14.6 Å². The van der Waals surface area contributed by atoms with Crippen molar-refractivity contribution in [3.63, 3.8) is 0 Å². The third kappa shape index (κ3) is 5.79. The lowest BCUT2D eigenvalue weighted by Crippen LogP contribution is -2.33. The van der Waals surface area contributed by atoms with Gasteiger partial charge in [0.2, 0.25) is 0 Å². The molecule has 7 heteroatoms. The molecule has 1 aromatic carbocycles. The smallest absolute Gasteiger partial charge is 0.341 e. The van der Waals surface area contributed by atoms with Gasteiger partial charge in [0.1, 0.15) is 0 Å². The third-order valence-corrected chi connectivity index (χ3v) is 4.22. The molecule has 1 atom stereocenters. The van der Waals surface area contributed by atoms with Gasteiger partial charge in [-0.1, -0.05) is 6.07 Å². The van der Waals surface area contributed by atoms with Crippen molar-refractivity contribution in [2.45, 2.75) is 26.3 Å². The maximum Gasteiger partial charge on any atom is 0.341 e. The minimum absolute atomic E-state index is 0.00960. The Morgan fingerprint density at radius 3 is 2.68 bits per heavy atom. The van der Waals surface area contributed by atoms with Crippen LogP contribution in [0, 0.1) is 0 Å². The van der Waals surface area contributed by atoms with Gasteiger partial charge in [-0.2, -0.15) is 0 Å². The van der Waals surface area contributed by atoms with E-state index < -0.39 is 12.6 Å². The van der Waals surface area contributed by atoms with Crippen LogP contribution < -0.4 is 14.8 Å². The van der Waals surface area contributed by atoms with Gasteiger partial charge in [-0.15, -0.1) is 11.3 Å². The Morgan fingerprint density at radius 1 is 1.24 bits per heavy atom. The van der Waals surface area contributed by atoms with Crippen molar-refractivity contribution in [3.05, 3.63) is 46.2 Å². The zero-order valence-electron chi connectivity index (χ0n) is 14.2. The quantitative estimate of drug-likeness (QED) is 0.715. The molecule has 0 saturated heterocycles. The molecule has 0 aliphatic heterocycles. The van der Waals surface area contributed by atoms with Crippen molar-refractivity contribution in [1.82, 2.24) is 5.32 Å². The summed E-state index contributed by atoms with van der Waals surface area (Å²) in [5.41, 5.74) is 0.434. The van der Waals surface area contributed by atoms with Gasteiger partial charge >= 0.3 is 5.97 Å². The van der Waals surface area contributed by atoms with Gasteiger partial charge in [-0.05, 0) is 43.5 Å². The number of carbonyl (C=O) groups is 2. The van der Waals surface area contributed by atoms with Crippen molar-refractivity contribution in [2.75, 3.05) is 13.2 Å². The second-order valence-corrected chi connectivity index (χ2v) is 6.47. The van der Waals surface area contributed by atoms with Crippen molar-refractivity contribution in [3.8, 4) is 11.5 Å². The highest BCUT2D eigenvalue weighted by Crippen LogP contribution is 2.28. The van der Waals surface area contributed by atoms with Crippen LogP contribution >= 0.6 is 11.3 Å². The maximum absolute atomic E-state index is 12.4. The van der Waals surface area contributed by atoms with Crippen LogP contribution in [0.1, 0.15) is 29.1 Å². The van der Waals surface area contributed by atoms with Gasteiger partial charge in [0.25, 0.3) is 5.91 Å². The van der Waals surface area contributed by atoms with E-state index in [-0.39, 0.29) is 11.9 Å². The molecule has 1 heterocycles. The molecule has 1 amide bonds. The number of nitrogens with one attached hydrogen (secondary N) is 1. The van der Waals surface area contributed by atoms with Crippen molar-refractivity contribution in [1.29, 1.82) is 0 Å². The molecule has 0 aliphatic rings. The third-order valence-electron chi connectivity index (χ3n) is 3.32. The number of carboxylic acid groups (broad SMARTS) is 1. The summed E-state index contributed by atoms with van der Waals surface area (Å²) in [5.74, 6) is -0.642. The van der Waals surface area contributed by atoms with Crippen LogP contribution in [0.2, 0.25) is 0 Å². The number of ether oxygens (including phenoxy) is 2. The van der Waals surface area contributed by atoms with E-state index in [1.54, 1.807) is 36.5 Å². The van der Waals surface area contributed by atoms with Crippen LogP contribution in [0.25, 0.3) is 0 Å². The molecule has 1 aromatic heterocycles. The lowest BCUT2D eigenvalue weighted by Gasteiger charge is -2.15. The van der Waals surface area contributed by atoms with E-state index in [1.807, 2.05) is 24.4 Å². The molecule has 1 unspecified atom stereocenters. The number of rotatable bonds is 9. The summed E-state index contributed by atoms with van der Waals surface area (Å²) in [6, 6.07) is 8.71. The highest BCUT2D eigenvalue weighted by molar-refractivity contribution is 7.09. The van der Waals surface area contributed by atoms with E-state index >= 15 is 0 Å². The molecular formula is C18H21NO5S. The number of amides is 1. The van der Waals surface area contributed by atoms with Crippen LogP contribution in [0.5, 0.6) is 11.5 Å². The standard InChI is InChI=1S/C18H21NO5S/c1-3-23-16-10-13(6-7-15(16)24-11-17(20)21)18(22)19-12(2)9-14-5-4-8-25-14/h4-8,10,12H,3,9,11H2,1-2H3,(H,19,22)(H,20,21). The average Bonchev–Trinajstić information content (AvgIpc) is 3.06. The first kappa shape index (κ1) is 18.8. The van der Waals surface area contributed by atoms with Gasteiger partial charge < -0.3 is 19.9 Å². The average molecular weight is 363 g/mol. The number of thiophene rings is 1. The van der Waals surface area contributed by atoms with Gasteiger partial charge in [-0.25, -0.2) is 4.79 Å². The molecule has 2 rings (SSSR count). The number of carbonyl (C=O) groups excluding carboxylic acids is 1. The van der Waals surface area contributed by atoms with Gasteiger partial charge in [0.05, 0.1) is 6.61 Å². The summed E-state index contributed by atoms with van der Waals surface area (Å²) in [7, 11) is 0. The number of hydrogen-bond acceptors (Lipinski definition) is 5. The lowest BCUT2D eigenvalue weighted by molar-refractivity contribution is -0.139. The number of carboxylic acids is 1. The fourth-order valence-corrected chi connectivity index (χ4v) is 3.10. The number of hydrogen-bond donors (Lipinski definition) is 2. The maximum atomic E-state index is 12.4. The molecule has 0 saturated carbocycles. The van der Waals surface area contributed by atoms with E-state index in [0.29, 0.717) is 23.7 Å². The monoisotopic (exact) mass is 363 g/mol. The zero-order chi connectivity index (χ0) is 18.2. The Bertz CT molecular complexity index is 714. The summed E-state index contributed by atoms with van der Waals surface area (Å²) in [5, 5.41) is 13.7. The lowest BCUT2D eigenvalue weighted by atomic mass is 10.1. The predicted molar refractivity (Wildman–Crippen MR) is 95.7 cm³/mol. The summed E-state index contributed by atoms with van der Waals surface area (Å²) >= 11 is 1.66.